The summed E-state index contributed by atoms with van der Waals surface area (Å²) < 4.78 is 0. The Balaban J connectivity index is 2.60. The van der Waals surface area contributed by atoms with Gasteiger partial charge in [0.05, 0.1) is 6.61 Å². The van der Waals surface area contributed by atoms with Crippen molar-refractivity contribution in [2.45, 2.75) is 33.2 Å². The monoisotopic (exact) mass is 241 g/mol. The first-order valence-corrected chi connectivity index (χ1v) is 5.91. The van der Waals surface area contributed by atoms with Gasteiger partial charge in [0.1, 0.15) is 0 Å². The van der Waals surface area contributed by atoms with Gasteiger partial charge in [0, 0.05) is 16.8 Å². The molecule has 0 bridgehead atoms. The van der Waals surface area contributed by atoms with Gasteiger partial charge < -0.3 is 10.4 Å². The molecule has 0 saturated carbocycles. The number of nitrogens with one attached hydrogen (secondary N) is 1. The molecule has 1 rings (SSSR count). The summed E-state index contributed by atoms with van der Waals surface area (Å²) in [5.41, 5.74) is 1.19. The number of aliphatic hydroxyl groups excluding tert-OH is 1. The van der Waals surface area contributed by atoms with Crippen LogP contribution in [-0.2, 0) is 0 Å². The van der Waals surface area contributed by atoms with Crippen molar-refractivity contribution in [1.82, 2.24) is 0 Å². The summed E-state index contributed by atoms with van der Waals surface area (Å²) in [6, 6.07) is 7.62. The lowest BCUT2D eigenvalue weighted by Crippen LogP contribution is -2.28. The molecule has 3 heteroatoms. The third kappa shape index (κ3) is 4.86. The highest BCUT2D eigenvalue weighted by atomic mass is 35.5. The molecule has 2 N–H and O–H groups in total. The Morgan fingerprint density at radius 1 is 1.25 bits per heavy atom. The van der Waals surface area contributed by atoms with Crippen LogP contribution in [0.4, 0.5) is 5.69 Å². The van der Waals surface area contributed by atoms with Crippen molar-refractivity contribution < 1.29 is 5.11 Å². The molecule has 0 aliphatic heterocycles. The highest BCUT2D eigenvalue weighted by Gasteiger charge is 2.17. The lowest BCUT2D eigenvalue weighted by atomic mass is 9.88. The van der Waals surface area contributed by atoms with Crippen LogP contribution in [0.15, 0.2) is 24.3 Å². The molecule has 1 aromatic carbocycles. The second kappa shape index (κ2) is 5.55. The van der Waals surface area contributed by atoms with Crippen molar-refractivity contribution >= 4 is 17.3 Å². The van der Waals surface area contributed by atoms with Crippen LogP contribution in [0, 0.1) is 5.41 Å². The fourth-order valence-corrected chi connectivity index (χ4v) is 1.81. The first-order valence-electron chi connectivity index (χ1n) is 5.54. The Hall–Kier alpha value is -0.730. The van der Waals surface area contributed by atoms with E-state index in [1.54, 1.807) is 0 Å². The van der Waals surface area contributed by atoms with Gasteiger partial charge in [-0.2, -0.15) is 0 Å². The SMILES string of the molecule is CC(C)(C)CC(CO)Nc1ccc(Cl)cc1. The summed E-state index contributed by atoms with van der Waals surface area (Å²) in [5.74, 6) is 0. The molecule has 1 atom stereocenters. The van der Waals surface area contributed by atoms with Crippen molar-refractivity contribution in [1.29, 1.82) is 0 Å². The second-order valence-corrected chi connectivity index (χ2v) is 5.73. The Bertz CT molecular complexity index is 316. The fraction of sp³-hybridized carbons (Fsp3) is 0.538. The third-order valence-electron chi connectivity index (χ3n) is 2.29. The molecule has 1 aromatic rings. The first kappa shape index (κ1) is 13.3. The Morgan fingerprint density at radius 3 is 2.25 bits per heavy atom. The number of hydrogen-bond acceptors (Lipinski definition) is 2. The standard InChI is InChI=1S/C13H20ClNO/c1-13(2,3)8-12(9-16)15-11-6-4-10(14)5-7-11/h4-7,12,15-16H,8-9H2,1-3H3. The van der Waals surface area contributed by atoms with Gasteiger partial charge in [-0.3, -0.25) is 0 Å². The van der Waals surface area contributed by atoms with Crippen LogP contribution in [0.1, 0.15) is 27.2 Å². The molecular formula is C13H20ClNO. The average Bonchev–Trinajstić information content (AvgIpc) is 2.18. The lowest BCUT2D eigenvalue weighted by molar-refractivity contribution is 0.234. The molecule has 0 aromatic heterocycles. The Kier molecular flexibility index (Phi) is 4.63. The van der Waals surface area contributed by atoms with E-state index in [4.69, 9.17) is 11.6 Å². The van der Waals surface area contributed by atoms with Gasteiger partial charge in [0.15, 0.2) is 0 Å². The molecule has 2 nitrogen and oxygen atoms in total. The summed E-state index contributed by atoms with van der Waals surface area (Å²) >= 11 is 5.81. The van der Waals surface area contributed by atoms with Gasteiger partial charge in [-0.05, 0) is 36.1 Å². The van der Waals surface area contributed by atoms with Crippen LogP contribution in [0.2, 0.25) is 5.02 Å². The van der Waals surface area contributed by atoms with Gasteiger partial charge in [-0.15, -0.1) is 0 Å². The van der Waals surface area contributed by atoms with E-state index in [1.165, 1.54) is 0 Å². The van der Waals surface area contributed by atoms with Crippen molar-refractivity contribution in [2.24, 2.45) is 5.41 Å². The smallest absolute Gasteiger partial charge is 0.0633 e. The molecule has 16 heavy (non-hydrogen) atoms. The number of benzene rings is 1. The molecule has 0 amide bonds. The molecule has 0 radical (unpaired) electrons. The fourth-order valence-electron chi connectivity index (χ4n) is 1.68. The summed E-state index contributed by atoms with van der Waals surface area (Å²) in [6.07, 6.45) is 0.923. The maximum absolute atomic E-state index is 9.32. The minimum atomic E-state index is 0.0844. The normalized spacial score (nSPS) is 13.6. The zero-order valence-electron chi connectivity index (χ0n) is 10.1. The van der Waals surface area contributed by atoms with Crippen molar-refractivity contribution in [2.75, 3.05) is 11.9 Å². The molecule has 0 saturated heterocycles. The van der Waals surface area contributed by atoms with E-state index in [-0.39, 0.29) is 18.1 Å². The van der Waals surface area contributed by atoms with E-state index in [1.807, 2.05) is 24.3 Å². The van der Waals surface area contributed by atoms with E-state index in [9.17, 15) is 5.11 Å². The lowest BCUT2D eigenvalue weighted by Gasteiger charge is -2.26. The first-order chi connectivity index (χ1) is 7.40. The highest BCUT2D eigenvalue weighted by Crippen LogP contribution is 2.23. The van der Waals surface area contributed by atoms with Gasteiger partial charge in [-0.25, -0.2) is 0 Å². The zero-order chi connectivity index (χ0) is 12.2. The van der Waals surface area contributed by atoms with Gasteiger partial charge in [-0.1, -0.05) is 32.4 Å². The van der Waals surface area contributed by atoms with Crippen molar-refractivity contribution in [3.8, 4) is 0 Å². The predicted molar refractivity (Wildman–Crippen MR) is 70.0 cm³/mol. The molecule has 0 heterocycles. The number of aliphatic hydroxyl groups is 1. The van der Waals surface area contributed by atoms with Crippen molar-refractivity contribution in [3.05, 3.63) is 29.3 Å². The van der Waals surface area contributed by atoms with E-state index in [2.05, 4.69) is 26.1 Å². The maximum Gasteiger partial charge on any atom is 0.0633 e. The molecule has 0 spiro atoms. The summed E-state index contributed by atoms with van der Waals surface area (Å²) in [6.45, 7) is 6.64. The maximum atomic E-state index is 9.32. The molecule has 0 aliphatic carbocycles. The average molecular weight is 242 g/mol. The van der Waals surface area contributed by atoms with Crippen LogP contribution < -0.4 is 5.32 Å². The minimum Gasteiger partial charge on any atom is -0.394 e. The van der Waals surface area contributed by atoms with Crippen molar-refractivity contribution in [3.63, 3.8) is 0 Å². The predicted octanol–water partition coefficient (Wildman–Crippen LogP) is 3.55. The number of rotatable bonds is 4. The summed E-state index contributed by atoms with van der Waals surface area (Å²) in [4.78, 5) is 0. The third-order valence-corrected chi connectivity index (χ3v) is 2.55. The zero-order valence-corrected chi connectivity index (χ0v) is 10.9. The van der Waals surface area contributed by atoms with Crippen LogP contribution in [0.25, 0.3) is 0 Å². The summed E-state index contributed by atoms with van der Waals surface area (Å²) in [5, 5.41) is 13.3. The Morgan fingerprint density at radius 2 is 1.81 bits per heavy atom. The number of halogens is 1. The largest absolute Gasteiger partial charge is 0.394 e. The minimum absolute atomic E-state index is 0.0844. The van der Waals surface area contributed by atoms with E-state index < -0.39 is 0 Å². The molecule has 1 unspecified atom stereocenters. The topological polar surface area (TPSA) is 32.3 Å². The van der Waals surface area contributed by atoms with Crippen LogP contribution in [-0.4, -0.2) is 17.8 Å². The van der Waals surface area contributed by atoms with E-state index >= 15 is 0 Å². The molecule has 0 fully saturated rings. The highest BCUT2D eigenvalue weighted by molar-refractivity contribution is 6.30. The Labute approximate surface area is 103 Å². The van der Waals surface area contributed by atoms with E-state index in [0.29, 0.717) is 0 Å². The molecule has 90 valence electrons. The number of anilines is 1. The van der Waals surface area contributed by atoms with Crippen LogP contribution >= 0.6 is 11.6 Å². The van der Waals surface area contributed by atoms with E-state index in [0.717, 1.165) is 17.1 Å². The second-order valence-electron chi connectivity index (χ2n) is 5.30. The van der Waals surface area contributed by atoms with Gasteiger partial charge >= 0.3 is 0 Å². The van der Waals surface area contributed by atoms with Gasteiger partial charge in [0.2, 0.25) is 0 Å². The quantitative estimate of drug-likeness (QED) is 0.845. The molecular weight excluding hydrogens is 222 g/mol. The van der Waals surface area contributed by atoms with Crippen LogP contribution in [0.3, 0.4) is 0 Å². The summed E-state index contributed by atoms with van der Waals surface area (Å²) in [7, 11) is 0. The number of hydrogen-bond donors (Lipinski definition) is 2. The van der Waals surface area contributed by atoms with Crippen LogP contribution in [0.5, 0.6) is 0 Å². The van der Waals surface area contributed by atoms with Gasteiger partial charge in [0.25, 0.3) is 0 Å². The molecule has 0 aliphatic rings.